The molecule has 0 saturated carbocycles. The molecule has 1 aromatic heterocycles. The number of H-pyrrole nitrogens is 1. The third-order valence-electron chi connectivity index (χ3n) is 3.59. The average Bonchev–Trinajstić information content (AvgIpc) is 2.88. The summed E-state index contributed by atoms with van der Waals surface area (Å²) >= 11 is 5.77. The van der Waals surface area contributed by atoms with Crippen molar-refractivity contribution >= 4 is 35.1 Å². The van der Waals surface area contributed by atoms with Gasteiger partial charge >= 0.3 is 5.97 Å². The Kier molecular flexibility index (Phi) is 5.82. The first-order valence-electron chi connectivity index (χ1n) is 7.44. The lowest BCUT2D eigenvalue weighted by Crippen LogP contribution is -2.33. The van der Waals surface area contributed by atoms with Crippen molar-refractivity contribution < 1.29 is 19.1 Å². The van der Waals surface area contributed by atoms with Crippen LogP contribution < -0.4 is 10.6 Å². The molecule has 2 rings (SSSR count). The van der Waals surface area contributed by atoms with E-state index < -0.39 is 11.9 Å². The highest BCUT2D eigenvalue weighted by Crippen LogP contribution is 2.18. The molecule has 0 fully saturated rings. The quantitative estimate of drug-likeness (QED) is 0.710. The highest BCUT2D eigenvalue weighted by Gasteiger charge is 2.22. The molecule has 1 heterocycles. The van der Waals surface area contributed by atoms with Gasteiger partial charge in [-0.3, -0.25) is 9.59 Å². The molecule has 0 spiro atoms. The number of amides is 2. The van der Waals surface area contributed by atoms with Crippen molar-refractivity contribution in [1.29, 1.82) is 0 Å². The summed E-state index contributed by atoms with van der Waals surface area (Å²) < 4.78 is 4.70. The Morgan fingerprint density at radius 3 is 2.40 bits per heavy atom. The van der Waals surface area contributed by atoms with Crippen LogP contribution in [0.15, 0.2) is 24.3 Å². The zero-order valence-corrected chi connectivity index (χ0v) is 14.8. The number of rotatable bonds is 5. The number of carbonyl (C=O) groups is 3. The molecule has 0 unspecified atom stereocenters. The van der Waals surface area contributed by atoms with Crippen LogP contribution in [0.5, 0.6) is 0 Å². The summed E-state index contributed by atoms with van der Waals surface area (Å²) in [4.78, 5) is 38.7. The minimum Gasteiger partial charge on any atom is -0.465 e. The van der Waals surface area contributed by atoms with Crippen LogP contribution in [0.3, 0.4) is 0 Å². The molecule has 132 valence electrons. The van der Waals surface area contributed by atoms with Gasteiger partial charge in [-0.25, -0.2) is 4.79 Å². The number of aromatic nitrogens is 1. The van der Waals surface area contributed by atoms with Gasteiger partial charge in [0, 0.05) is 16.4 Å². The number of aryl methyl sites for hydroxylation is 1. The summed E-state index contributed by atoms with van der Waals surface area (Å²) in [6.45, 7) is 3.09. The molecule has 0 saturated heterocycles. The predicted molar refractivity (Wildman–Crippen MR) is 94.0 cm³/mol. The van der Waals surface area contributed by atoms with Gasteiger partial charge in [0.2, 0.25) is 5.91 Å². The lowest BCUT2D eigenvalue weighted by molar-refractivity contribution is -0.115. The summed E-state index contributed by atoms with van der Waals surface area (Å²) in [5, 5.41) is 5.71. The highest BCUT2D eigenvalue weighted by atomic mass is 35.5. The molecule has 1 aromatic carbocycles. The maximum absolute atomic E-state index is 12.3. The first-order chi connectivity index (χ1) is 11.8. The van der Waals surface area contributed by atoms with Crippen molar-refractivity contribution in [2.45, 2.75) is 13.8 Å². The van der Waals surface area contributed by atoms with E-state index >= 15 is 0 Å². The fourth-order valence-corrected chi connectivity index (χ4v) is 2.50. The molecule has 7 nitrogen and oxygen atoms in total. The molecule has 2 amide bonds. The zero-order valence-electron chi connectivity index (χ0n) is 14.0. The molecule has 3 N–H and O–H groups in total. The van der Waals surface area contributed by atoms with Crippen molar-refractivity contribution in [3.05, 3.63) is 51.8 Å². The van der Waals surface area contributed by atoms with Gasteiger partial charge in [-0.05, 0) is 43.7 Å². The number of esters is 1. The van der Waals surface area contributed by atoms with E-state index in [1.165, 1.54) is 7.11 Å². The Morgan fingerprint density at radius 2 is 1.80 bits per heavy atom. The van der Waals surface area contributed by atoms with E-state index in [0.717, 1.165) is 0 Å². The van der Waals surface area contributed by atoms with Crippen LogP contribution in [0, 0.1) is 13.8 Å². The maximum Gasteiger partial charge on any atom is 0.339 e. The van der Waals surface area contributed by atoms with Gasteiger partial charge in [0.05, 0.1) is 19.2 Å². The largest absolute Gasteiger partial charge is 0.465 e. The first kappa shape index (κ1) is 18.5. The number of hydrogen-bond donors (Lipinski definition) is 3. The van der Waals surface area contributed by atoms with Crippen LogP contribution in [0.4, 0.5) is 5.69 Å². The summed E-state index contributed by atoms with van der Waals surface area (Å²) in [5.74, 6) is -1.39. The van der Waals surface area contributed by atoms with Crippen LogP contribution >= 0.6 is 11.6 Å². The fraction of sp³-hybridized carbons (Fsp3) is 0.235. The average molecular weight is 364 g/mol. The summed E-state index contributed by atoms with van der Waals surface area (Å²) in [6.07, 6.45) is 0. The Bertz CT molecular complexity index is 812. The van der Waals surface area contributed by atoms with Crippen molar-refractivity contribution in [3.8, 4) is 0 Å². The number of carbonyl (C=O) groups excluding carboxylic acids is 3. The lowest BCUT2D eigenvalue weighted by Gasteiger charge is -2.07. The van der Waals surface area contributed by atoms with Gasteiger partial charge < -0.3 is 20.4 Å². The topological polar surface area (TPSA) is 100 Å². The van der Waals surface area contributed by atoms with Crippen molar-refractivity contribution in [1.82, 2.24) is 10.3 Å². The highest BCUT2D eigenvalue weighted by molar-refractivity contribution is 6.30. The molecule has 0 radical (unpaired) electrons. The molecule has 0 bridgehead atoms. The number of anilines is 1. The minimum absolute atomic E-state index is 0.216. The molecule has 0 atom stereocenters. The lowest BCUT2D eigenvalue weighted by atomic mass is 10.1. The first-order valence-corrected chi connectivity index (χ1v) is 7.82. The monoisotopic (exact) mass is 363 g/mol. The van der Waals surface area contributed by atoms with Gasteiger partial charge in [-0.1, -0.05) is 11.6 Å². The van der Waals surface area contributed by atoms with E-state index in [1.54, 1.807) is 38.1 Å². The number of aromatic amines is 1. The molecule has 2 aromatic rings. The van der Waals surface area contributed by atoms with E-state index in [4.69, 9.17) is 16.3 Å². The zero-order chi connectivity index (χ0) is 18.6. The molecule has 0 aliphatic carbocycles. The standard InChI is InChI=1S/C17H18ClN3O4/c1-9-14(17(24)25-3)10(2)20-15(9)16(23)19-8-13(22)21-12-6-4-11(18)5-7-12/h4-7,20H,8H2,1-3H3,(H,19,23)(H,21,22). The summed E-state index contributed by atoms with van der Waals surface area (Å²) in [6, 6.07) is 6.61. The van der Waals surface area contributed by atoms with Gasteiger partial charge in [0.1, 0.15) is 5.69 Å². The van der Waals surface area contributed by atoms with Crippen LogP contribution in [0.1, 0.15) is 32.1 Å². The van der Waals surface area contributed by atoms with E-state index in [0.29, 0.717) is 27.5 Å². The number of hydrogen-bond acceptors (Lipinski definition) is 4. The van der Waals surface area contributed by atoms with Gasteiger partial charge in [-0.2, -0.15) is 0 Å². The number of nitrogens with one attached hydrogen (secondary N) is 3. The molecular weight excluding hydrogens is 346 g/mol. The predicted octanol–water partition coefficient (Wildman–Crippen LogP) is 2.44. The Hall–Kier alpha value is -2.80. The van der Waals surface area contributed by atoms with E-state index in [2.05, 4.69) is 15.6 Å². The third kappa shape index (κ3) is 4.39. The van der Waals surface area contributed by atoms with E-state index in [1.807, 2.05) is 0 Å². The second-order valence-corrected chi connectivity index (χ2v) is 5.79. The molecular formula is C17H18ClN3O4. The Balaban J connectivity index is 1.99. The number of halogens is 1. The van der Waals surface area contributed by atoms with E-state index in [9.17, 15) is 14.4 Å². The molecule has 0 aliphatic heterocycles. The maximum atomic E-state index is 12.3. The Morgan fingerprint density at radius 1 is 1.16 bits per heavy atom. The van der Waals surface area contributed by atoms with Crippen molar-refractivity contribution in [3.63, 3.8) is 0 Å². The fourth-order valence-electron chi connectivity index (χ4n) is 2.37. The second-order valence-electron chi connectivity index (χ2n) is 5.35. The van der Waals surface area contributed by atoms with Crippen molar-refractivity contribution in [2.75, 3.05) is 19.0 Å². The number of methoxy groups -OCH3 is 1. The third-order valence-corrected chi connectivity index (χ3v) is 3.84. The SMILES string of the molecule is COC(=O)c1c(C)[nH]c(C(=O)NCC(=O)Nc2ccc(Cl)cc2)c1C. The summed E-state index contributed by atoms with van der Waals surface area (Å²) in [7, 11) is 1.27. The van der Waals surface area contributed by atoms with Crippen molar-refractivity contribution in [2.24, 2.45) is 0 Å². The minimum atomic E-state index is -0.522. The molecule has 8 heteroatoms. The molecule has 25 heavy (non-hydrogen) atoms. The van der Waals surface area contributed by atoms with Crippen LogP contribution in [0.2, 0.25) is 5.02 Å². The van der Waals surface area contributed by atoms with Gasteiger partial charge in [-0.15, -0.1) is 0 Å². The van der Waals surface area contributed by atoms with Crippen LogP contribution in [-0.2, 0) is 9.53 Å². The van der Waals surface area contributed by atoms with Gasteiger partial charge in [0.25, 0.3) is 5.91 Å². The second kappa shape index (κ2) is 7.85. The normalized spacial score (nSPS) is 10.2. The Labute approximate surface area is 149 Å². The number of ether oxygens (including phenoxy) is 1. The van der Waals surface area contributed by atoms with Crippen LogP contribution in [-0.4, -0.2) is 36.4 Å². The van der Waals surface area contributed by atoms with Crippen LogP contribution in [0.25, 0.3) is 0 Å². The molecule has 0 aliphatic rings. The smallest absolute Gasteiger partial charge is 0.339 e. The van der Waals surface area contributed by atoms with E-state index in [-0.39, 0.29) is 18.1 Å². The number of benzene rings is 1. The van der Waals surface area contributed by atoms with Gasteiger partial charge in [0.15, 0.2) is 0 Å². The summed E-state index contributed by atoms with van der Waals surface area (Å²) in [5.41, 5.74) is 2.11.